The van der Waals surface area contributed by atoms with Gasteiger partial charge in [0, 0.05) is 13.0 Å². The Morgan fingerprint density at radius 3 is 2.50 bits per heavy atom. The van der Waals surface area contributed by atoms with Gasteiger partial charge in [-0.1, -0.05) is 26.8 Å². The van der Waals surface area contributed by atoms with Crippen molar-refractivity contribution in [3.05, 3.63) is 12.7 Å². The summed E-state index contributed by atoms with van der Waals surface area (Å²) < 4.78 is 0. The molecule has 14 heavy (non-hydrogen) atoms. The quantitative estimate of drug-likeness (QED) is 0.554. The fraction of sp³-hybridized carbons (Fsp3) is 0.600. The summed E-state index contributed by atoms with van der Waals surface area (Å²) in [6.07, 6.45) is 2.14. The maximum atomic E-state index is 11.4. The molecule has 4 heteroatoms. The monoisotopic (exact) mass is 214 g/mol. The lowest BCUT2D eigenvalue weighted by Gasteiger charge is -2.17. The van der Waals surface area contributed by atoms with Crippen molar-refractivity contribution in [1.82, 2.24) is 10.6 Å². The van der Waals surface area contributed by atoms with Crippen LogP contribution in [-0.4, -0.2) is 17.6 Å². The Bertz CT molecular complexity index is 231. The molecule has 2 N–H and O–H groups in total. The third-order valence-electron chi connectivity index (χ3n) is 1.35. The second-order valence-corrected chi connectivity index (χ2v) is 4.69. The van der Waals surface area contributed by atoms with Gasteiger partial charge in [-0.05, 0) is 17.6 Å². The minimum absolute atomic E-state index is 0.0157. The number of carbonyl (C=O) groups excluding carboxylic acids is 1. The maximum Gasteiger partial charge on any atom is 0.226 e. The van der Waals surface area contributed by atoms with Crippen LogP contribution in [-0.2, 0) is 4.79 Å². The SMILES string of the molecule is C=CCNC(=S)NC(=O)CC(C)(C)C. The van der Waals surface area contributed by atoms with Crippen molar-refractivity contribution in [2.45, 2.75) is 27.2 Å². The first kappa shape index (κ1) is 13.1. The van der Waals surface area contributed by atoms with Gasteiger partial charge in [-0.25, -0.2) is 0 Å². The molecule has 0 radical (unpaired) electrons. The molecular formula is C10H18N2OS. The lowest BCUT2D eigenvalue weighted by Crippen LogP contribution is -2.40. The van der Waals surface area contributed by atoms with Crippen molar-refractivity contribution in [3.8, 4) is 0 Å². The second kappa shape index (κ2) is 5.75. The topological polar surface area (TPSA) is 41.1 Å². The molecule has 0 unspecified atom stereocenters. The summed E-state index contributed by atoms with van der Waals surface area (Å²) in [5, 5.41) is 5.80. The average molecular weight is 214 g/mol. The van der Waals surface area contributed by atoms with Crippen LogP contribution in [0, 0.1) is 5.41 Å². The maximum absolute atomic E-state index is 11.4. The Morgan fingerprint density at radius 2 is 2.07 bits per heavy atom. The van der Waals surface area contributed by atoms with Gasteiger partial charge in [0.05, 0.1) is 0 Å². The molecule has 0 heterocycles. The number of nitrogens with one attached hydrogen (secondary N) is 2. The van der Waals surface area contributed by atoms with Crippen molar-refractivity contribution in [2.24, 2.45) is 5.41 Å². The summed E-state index contributed by atoms with van der Waals surface area (Å²) in [5.74, 6) is -0.0564. The largest absolute Gasteiger partial charge is 0.359 e. The van der Waals surface area contributed by atoms with Crippen LogP contribution in [0.3, 0.4) is 0 Å². The minimum Gasteiger partial charge on any atom is -0.359 e. The Labute approximate surface area is 91.0 Å². The zero-order valence-corrected chi connectivity index (χ0v) is 9.83. The van der Waals surface area contributed by atoms with E-state index in [2.05, 4.69) is 17.2 Å². The van der Waals surface area contributed by atoms with Gasteiger partial charge in [0.15, 0.2) is 5.11 Å². The van der Waals surface area contributed by atoms with Gasteiger partial charge in [0.2, 0.25) is 5.91 Å². The van der Waals surface area contributed by atoms with E-state index in [1.54, 1.807) is 6.08 Å². The first-order valence-electron chi connectivity index (χ1n) is 4.54. The first-order chi connectivity index (χ1) is 6.35. The lowest BCUT2D eigenvalue weighted by atomic mass is 9.92. The highest BCUT2D eigenvalue weighted by atomic mass is 32.1. The zero-order chi connectivity index (χ0) is 11.2. The Morgan fingerprint density at radius 1 is 1.50 bits per heavy atom. The van der Waals surface area contributed by atoms with Crippen molar-refractivity contribution in [3.63, 3.8) is 0 Å². The standard InChI is InChI=1S/C10H18N2OS/c1-5-6-11-9(14)12-8(13)7-10(2,3)4/h5H,1,6-7H2,2-4H3,(H2,11,12,13,14). The van der Waals surface area contributed by atoms with E-state index in [-0.39, 0.29) is 11.3 Å². The predicted molar refractivity (Wildman–Crippen MR) is 63.0 cm³/mol. The molecule has 0 saturated carbocycles. The second-order valence-electron chi connectivity index (χ2n) is 4.28. The van der Waals surface area contributed by atoms with E-state index in [1.165, 1.54) is 0 Å². The predicted octanol–water partition coefficient (Wildman–Crippen LogP) is 1.60. The van der Waals surface area contributed by atoms with Gasteiger partial charge in [-0.2, -0.15) is 0 Å². The number of hydrogen-bond donors (Lipinski definition) is 2. The van der Waals surface area contributed by atoms with Gasteiger partial charge in [0.25, 0.3) is 0 Å². The summed E-state index contributed by atoms with van der Waals surface area (Å²) in [6.45, 7) is 10.1. The number of thiocarbonyl (C=S) groups is 1. The van der Waals surface area contributed by atoms with Crippen LogP contribution in [0.15, 0.2) is 12.7 Å². The highest BCUT2D eigenvalue weighted by molar-refractivity contribution is 7.80. The average Bonchev–Trinajstić information content (AvgIpc) is 1.96. The fourth-order valence-electron chi connectivity index (χ4n) is 0.862. The van der Waals surface area contributed by atoms with Gasteiger partial charge >= 0.3 is 0 Å². The van der Waals surface area contributed by atoms with Crippen molar-refractivity contribution in [2.75, 3.05) is 6.54 Å². The van der Waals surface area contributed by atoms with Gasteiger partial charge in [-0.3, -0.25) is 4.79 Å². The molecule has 0 aromatic rings. The van der Waals surface area contributed by atoms with Crippen LogP contribution in [0.4, 0.5) is 0 Å². The molecule has 80 valence electrons. The van der Waals surface area contributed by atoms with Gasteiger partial charge in [0.1, 0.15) is 0 Å². The number of carbonyl (C=O) groups is 1. The van der Waals surface area contributed by atoms with E-state index in [0.29, 0.717) is 18.1 Å². The number of hydrogen-bond acceptors (Lipinski definition) is 2. The summed E-state index contributed by atoms with van der Waals surface area (Å²) in [7, 11) is 0. The minimum atomic E-state index is -0.0564. The van der Waals surface area contributed by atoms with E-state index in [1.807, 2.05) is 20.8 Å². The van der Waals surface area contributed by atoms with Crippen LogP contribution in [0.2, 0.25) is 0 Å². The van der Waals surface area contributed by atoms with Gasteiger partial charge < -0.3 is 10.6 Å². The Balaban J connectivity index is 3.83. The molecule has 0 rings (SSSR count). The highest BCUT2D eigenvalue weighted by Gasteiger charge is 2.16. The van der Waals surface area contributed by atoms with E-state index >= 15 is 0 Å². The van der Waals surface area contributed by atoms with Crippen LogP contribution in [0.1, 0.15) is 27.2 Å². The van der Waals surface area contributed by atoms with Crippen LogP contribution in [0.5, 0.6) is 0 Å². The molecular weight excluding hydrogens is 196 g/mol. The number of rotatable bonds is 3. The van der Waals surface area contributed by atoms with Crippen LogP contribution >= 0.6 is 12.2 Å². The van der Waals surface area contributed by atoms with Gasteiger partial charge in [-0.15, -0.1) is 6.58 Å². The summed E-state index contributed by atoms with van der Waals surface area (Å²) in [6, 6.07) is 0. The highest BCUT2D eigenvalue weighted by Crippen LogP contribution is 2.17. The van der Waals surface area contributed by atoms with E-state index in [0.717, 1.165) is 0 Å². The zero-order valence-electron chi connectivity index (χ0n) is 9.02. The van der Waals surface area contributed by atoms with E-state index in [9.17, 15) is 4.79 Å². The van der Waals surface area contributed by atoms with E-state index < -0.39 is 0 Å². The molecule has 0 aliphatic rings. The molecule has 3 nitrogen and oxygen atoms in total. The smallest absolute Gasteiger partial charge is 0.226 e. The molecule has 0 atom stereocenters. The van der Waals surface area contributed by atoms with Crippen LogP contribution < -0.4 is 10.6 Å². The first-order valence-corrected chi connectivity index (χ1v) is 4.94. The molecule has 0 aromatic carbocycles. The summed E-state index contributed by atoms with van der Waals surface area (Å²) in [5.41, 5.74) is -0.0157. The normalized spacial score (nSPS) is 10.5. The third-order valence-corrected chi connectivity index (χ3v) is 1.60. The summed E-state index contributed by atoms with van der Waals surface area (Å²) in [4.78, 5) is 11.4. The number of amides is 1. The van der Waals surface area contributed by atoms with Crippen molar-refractivity contribution in [1.29, 1.82) is 0 Å². The molecule has 0 spiro atoms. The summed E-state index contributed by atoms with van der Waals surface area (Å²) >= 11 is 4.89. The molecule has 0 aliphatic carbocycles. The van der Waals surface area contributed by atoms with E-state index in [4.69, 9.17) is 12.2 Å². The third kappa shape index (κ3) is 7.73. The van der Waals surface area contributed by atoms with Crippen molar-refractivity contribution >= 4 is 23.2 Å². The Kier molecular flexibility index (Phi) is 5.38. The Hall–Kier alpha value is -0.900. The molecule has 0 saturated heterocycles. The lowest BCUT2D eigenvalue weighted by molar-refractivity contribution is -0.121. The van der Waals surface area contributed by atoms with Crippen molar-refractivity contribution < 1.29 is 4.79 Å². The van der Waals surface area contributed by atoms with Crippen LogP contribution in [0.25, 0.3) is 0 Å². The molecule has 0 fully saturated rings. The molecule has 0 aromatic heterocycles. The molecule has 0 aliphatic heterocycles. The molecule has 1 amide bonds. The molecule has 0 bridgehead atoms. The fourth-order valence-corrected chi connectivity index (χ4v) is 1.06.